The van der Waals surface area contributed by atoms with Gasteiger partial charge < -0.3 is 9.73 Å². The Balaban J connectivity index is 1.81. The molecule has 3 rings (SSSR count). The van der Waals surface area contributed by atoms with Gasteiger partial charge in [-0.3, -0.25) is 20.0 Å². The van der Waals surface area contributed by atoms with Crippen molar-refractivity contribution in [2.75, 3.05) is 7.05 Å². The van der Waals surface area contributed by atoms with Crippen molar-refractivity contribution in [3.63, 3.8) is 0 Å². The van der Waals surface area contributed by atoms with E-state index in [1.54, 1.807) is 43.5 Å². The van der Waals surface area contributed by atoms with E-state index in [4.69, 9.17) is 16.6 Å². The molecule has 132 valence electrons. The molecule has 1 aliphatic heterocycles. The van der Waals surface area contributed by atoms with Crippen molar-refractivity contribution >= 4 is 46.2 Å². The Labute approximate surface area is 159 Å². The molecule has 2 N–H and O–H groups in total. The summed E-state index contributed by atoms with van der Waals surface area (Å²) in [6, 6.07) is 10.6. The molecule has 1 fully saturated rings. The van der Waals surface area contributed by atoms with Crippen LogP contribution in [0.5, 0.6) is 0 Å². The Bertz CT molecular complexity index is 933. The number of hydrazine groups is 1. The van der Waals surface area contributed by atoms with Crippen LogP contribution in [0, 0.1) is 0 Å². The maximum atomic E-state index is 12.2. The molecule has 8 heteroatoms. The minimum Gasteiger partial charge on any atom is -0.457 e. The Morgan fingerprint density at radius 2 is 2.19 bits per heavy atom. The van der Waals surface area contributed by atoms with Crippen LogP contribution < -0.4 is 10.7 Å². The lowest BCUT2D eigenvalue weighted by atomic mass is 10.1. The zero-order valence-corrected chi connectivity index (χ0v) is 15.4. The van der Waals surface area contributed by atoms with Gasteiger partial charge in [0.05, 0.1) is 4.91 Å². The number of nitrogens with zero attached hydrogens (tertiary/aromatic N) is 1. The number of carbonyl (C=O) groups excluding carboxylic acids is 2. The van der Waals surface area contributed by atoms with Crippen LogP contribution in [0.15, 0.2) is 58.5 Å². The number of hydrogen-bond donors (Lipinski definition) is 2. The number of thiocarbonyl (C=S) groups is 1. The van der Waals surface area contributed by atoms with Crippen molar-refractivity contribution in [1.29, 1.82) is 0 Å². The molecule has 0 bridgehead atoms. The molecule has 1 aliphatic rings. The molecule has 0 aliphatic carbocycles. The summed E-state index contributed by atoms with van der Waals surface area (Å²) in [4.78, 5) is 24.4. The van der Waals surface area contributed by atoms with Crippen LogP contribution in [0.1, 0.15) is 16.1 Å². The maximum Gasteiger partial charge on any atom is 0.269 e. The van der Waals surface area contributed by atoms with Gasteiger partial charge >= 0.3 is 0 Å². The molecule has 2 amide bonds. The van der Waals surface area contributed by atoms with Crippen molar-refractivity contribution in [3.8, 4) is 11.3 Å². The summed E-state index contributed by atoms with van der Waals surface area (Å²) in [5, 5.41) is 4.03. The summed E-state index contributed by atoms with van der Waals surface area (Å²) in [5.74, 6) is 0.636. The highest BCUT2D eigenvalue weighted by Gasteiger charge is 2.22. The second-order valence-electron chi connectivity index (χ2n) is 5.37. The molecule has 2 aromatic rings. The van der Waals surface area contributed by atoms with E-state index in [9.17, 15) is 9.59 Å². The van der Waals surface area contributed by atoms with Gasteiger partial charge in [-0.25, -0.2) is 0 Å². The van der Waals surface area contributed by atoms with E-state index < -0.39 is 0 Å². The van der Waals surface area contributed by atoms with Crippen LogP contribution >= 0.6 is 24.0 Å². The molecule has 1 aromatic heterocycles. The number of carbonyl (C=O) groups is 2. The van der Waals surface area contributed by atoms with E-state index in [0.29, 0.717) is 26.3 Å². The molecule has 0 unspecified atom stereocenters. The number of amides is 2. The normalized spacial score (nSPS) is 15.0. The average molecular weight is 385 g/mol. The molecular formula is C18H15N3O3S2. The summed E-state index contributed by atoms with van der Waals surface area (Å²) in [6.45, 7) is 3.58. The monoisotopic (exact) mass is 385 g/mol. The van der Waals surface area contributed by atoms with E-state index in [-0.39, 0.29) is 11.8 Å². The van der Waals surface area contributed by atoms with Crippen molar-refractivity contribution in [1.82, 2.24) is 15.8 Å². The molecule has 0 spiro atoms. The van der Waals surface area contributed by atoms with Gasteiger partial charge in [0.25, 0.3) is 11.8 Å². The molecule has 6 nitrogen and oxygen atoms in total. The smallest absolute Gasteiger partial charge is 0.269 e. The average Bonchev–Trinajstić information content (AvgIpc) is 3.21. The number of nitrogens with one attached hydrogen (secondary N) is 2. The van der Waals surface area contributed by atoms with Crippen LogP contribution in [0.25, 0.3) is 17.4 Å². The highest BCUT2D eigenvalue weighted by atomic mass is 32.2. The van der Waals surface area contributed by atoms with Gasteiger partial charge in [0.15, 0.2) is 0 Å². The van der Waals surface area contributed by atoms with Crippen molar-refractivity contribution in [2.24, 2.45) is 0 Å². The van der Waals surface area contributed by atoms with Crippen LogP contribution in [-0.4, -0.2) is 28.2 Å². The zero-order valence-electron chi connectivity index (χ0n) is 13.8. The van der Waals surface area contributed by atoms with Crippen LogP contribution in [-0.2, 0) is 4.79 Å². The standard InChI is InChI=1S/C18H15N3O3S2/c1-3-21(2)20-16(22)12-6-4-5-11(9-12)14-8-7-13(24-14)10-15-17(23)19-18(25)26-15/h3-10H,1H2,2H3,(H,20,22)(H,19,23,25). The number of rotatable bonds is 5. The fraction of sp³-hybridized carbons (Fsp3) is 0.0556. The minimum atomic E-state index is -0.254. The quantitative estimate of drug-likeness (QED) is 0.468. The summed E-state index contributed by atoms with van der Waals surface area (Å²) in [6.07, 6.45) is 3.13. The second-order valence-corrected chi connectivity index (χ2v) is 7.09. The molecule has 2 heterocycles. The van der Waals surface area contributed by atoms with E-state index in [2.05, 4.69) is 17.3 Å². The van der Waals surface area contributed by atoms with E-state index >= 15 is 0 Å². The first-order valence-electron chi connectivity index (χ1n) is 7.58. The Morgan fingerprint density at radius 3 is 2.88 bits per heavy atom. The summed E-state index contributed by atoms with van der Waals surface area (Å²) in [7, 11) is 1.68. The lowest BCUT2D eigenvalue weighted by Crippen LogP contribution is -2.35. The second kappa shape index (κ2) is 7.59. The molecule has 1 aromatic carbocycles. The topological polar surface area (TPSA) is 74.6 Å². The van der Waals surface area contributed by atoms with Crippen molar-refractivity contribution < 1.29 is 14.0 Å². The van der Waals surface area contributed by atoms with Crippen LogP contribution in [0.3, 0.4) is 0 Å². The van der Waals surface area contributed by atoms with Crippen LogP contribution in [0.4, 0.5) is 0 Å². The number of benzene rings is 1. The number of hydrogen-bond acceptors (Lipinski definition) is 6. The van der Waals surface area contributed by atoms with Gasteiger partial charge in [0, 0.05) is 30.5 Å². The van der Waals surface area contributed by atoms with Gasteiger partial charge in [-0.15, -0.1) is 0 Å². The first-order chi connectivity index (χ1) is 12.5. The van der Waals surface area contributed by atoms with Gasteiger partial charge in [-0.1, -0.05) is 42.7 Å². The van der Waals surface area contributed by atoms with Gasteiger partial charge in [-0.2, -0.15) is 0 Å². The SMILES string of the molecule is C=CN(C)NC(=O)c1cccc(-c2ccc(C=C3SC(=S)NC3=O)o2)c1. The van der Waals surface area contributed by atoms with E-state index in [1.807, 2.05) is 6.07 Å². The summed E-state index contributed by atoms with van der Waals surface area (Å²) in [5.41, 5.74) is 3.91. The first kappa shape index (κ1) is 18.0. The third kappa shape index (κ3) is 4.04. The predicted octanol–water partition coefficient (Wildman–Crippen LogP) is 3.16. The third-order valence-corrected chi connectivity index (χ3v) is 4.67. The fourth-order valence-corrected chi connectivity index (χ4v) is 3.24. The third-order valence-electron chi connectivity index (χ3n) is 3.50. The lowest BCUT2D eigenvalue weighted by Gasteiger charge is -2.14. The van der Waals surface area contributed by atoms with Crippen molar-refractivity contribution in [3.05, 3.63) is 65.4 Å². The Hall–Kier alpha value is -2.84. The van der Waals surface area contributed by atoms with Crippen LogP contribution in [0.2, 0.25) is 0 Å². The molecule has 0 radical (unpaired) electrons. The maximum absolute atomic E-state index is 12.2. The van der Waals surface area contributed by atoms with E-state index in [1.165, 1.54) is 23.0 Å². The molecule has 26 heavy (non-hydrogen) atoms. The molecule has 0 saturated carbocycles. The fourth-order valence-electron chi connectivity index (χ4n) is 2.22. The zero-order chi connectivity index (χ0) is 18.7. The molecule has 0 atom stereocenters. The molecular weight excluding hydrogens is 370 g/mol. The van der Waals surface area contributed by atoms with Gasteiger partial charge in [0.1, 0.15) is 15.8 Å². The number of thioether (sulfide) groups is 1. The van der Waals surface area contributed by atoms with Gasteiger partial charge in [-0.05, 0) is 24.3 Å². The lowest BCUT2D eigenvalue weighted by molar-refractivity contribution is -0.115. The number of furan rings is 1. The predicted molar refractivity (Wildman–Crippen MR) is 106 cm³/mol. The summed E-state index contributed by atoms with van der Waals surface area (Å²) >= 11 is 6.15. The van der Waals surface area contributed by atoms with Crippen molar-refractivity contribution in [2.45, 2.75) is 0 Å². The highest BCUT2D eigenvalue weighted by molar-refractivity contribution is 8.26. The van der Waals surface area contributed by atoms with E-state index in [0.717, 1.165) is 5.56 Å². The first-order valence-corrected chi connectivity index (χ1v) is 8.80. The van der Waals surface area contributed by atoms with Gasteiger partial charge in [0.2, 0.25) is 0 Å². The minimum absolute atomic E-state index is 0.233. The summed E-state index contributed by atoms with van der Waals surface area (Å²) < 4.78 is 6.21. The highest BCUT2D eigenvalue weighted by Crippen LogP contribution is 2.29. The largest absolute Gasteiger partial charge is 0.457 e. The Kier molecular flexibility index (Phi) is 5.24. The Morgan fingerprint density at radius 1 is 1.38 bits per heavy atom. The molecule has 1 saturated heterocycles.